The third-order valence-electron chi connectivity index (χ3n) is 4.43. The van der Waals surface area contributed by atoms with Gasteiger partial charge in [-0.1, -0.05) is 29.8 Å². The van der Waals surface area contributed by atoms with Crippen LogP contribution < -0.4 is 5.32 Å². The Labute approximate surface area is 183 Å². The molecule has 2 aromatic heterocycles. The Balaban J connectivity index is 1.66. The highest BCUT2D eigenvalue weighted by Gasteiger charge is 2.35. The van der Waals surface area contributed by atoms with Crippen molar-refractivity contribution in [2.45, 2.75) is 18.8 Å². The second-order valence-electron chi connectivity index (χ2n) is 6.63. The normalized spacial score (nSPS) is 12.0. The largest absolute Gasteiger partial charge is 0.433 e. The Morgan fingerprint density at radius 3 is 2.19 bits per heavy atom. The molecule has 4 nitrogen and oxygen atoms in total. The molecule has 0 fully saturated rings. The van der Waals surface area contributed by atoms with E-state index in [1.807, 2.05) is 0 Å². The van der Waals surface area contributed by atoms with Gasteiger partial charge >= 0.3 is 12.4 Å². The van der Waals surface area contributed by atoms with Gasteiger partial charge in [0.15, 0.2) is 0 Å². The number of rotatable bonds is 5. The number of carbonyl (C=O) groups is 1. The number of carbonyl (C=O) groups excluding carboxylic acids is 1. The van der Waals surface area contributed by atoms with Crippen LogP contribution in [0.5, 0.6) is 0 Å². The van der Waals surface area contributed by atoms with Gasteiger partial charge in [-0.2, -0.15) is 26.3 Å². The predicted molar refractivity (Wildman–Crippen MR) is 105 cm³/mol. The van der Waals surface area contributed by atoms with Crippen LogP contribution in [-0.2, 0) is 18.8 Å². The van der Waals surface area contributed by atoms with Crippen LogP contribution >= 0.6 is 11.6 Å². The van der Waals surface area contributed by atoms with Gasteiger partial charge < -0.3 is 5.32 Å². The average molecular weight is 474 g/mol. The molecule has 0 atom stereocenters. The Morgan fingerprint density at radius 1 is 0.906 bits per heavy atom. The maximum atomic E-state index is 13.0. The van der Waals surface area contributed by atoms with Crippen LogP contribution in [0.1, 0.15) is 27.3 Å². The highest BCUT2D eigenvalue weighted by atomic mass is 35.5. The highest BCUT2D eigenvalue weighted by molar-refractivity contribution is 6.31. The SMILES string of the molecule is O=C(NCCc1ncc(-c2ccc(C(F)(F)F)nc2)cc1Cl)c1ccccc1C(F)(F)F. The summed E-state index contributed by atoms with van der Waals surface area (Å²) in [6.45, 7) is -0.0288. The van der Waals surface area contributed by atoms with E-state index in [1.165, 1.54) is 30.5 Å². The molecule has 32 heavy (non-hydrogen) atoms. The van der Waals surface area contributed by atoms with Crippen molar-refractivity contribution < 1.29 is 31.1 Å². The molecule has 0 aliphatic rings. The number of amides is 1. The average Bonchev–Trinajstić information content (AvgIpc) is 2.73. The maximum absolute atomic E-state index is 13.0. The first-order valence-corrected chi connectivity index (χ1v) is 9.47. The van der Waals surface area contributed by atoms with Crippen molar-refractivity contribution in [3.63, 3.8) is 0 Å². The fourth-order valence-electron chi connectivity index (χ4n) is 2.86. The molecule has 3 rings (SSSR count). The fraction of sp³-hybridized carbons (Fsp3) is 0.190. The molecule has 1 aromatic carbocycles. The van der Waals surface area contributed by atoms with Gasteiger partial charge in [-0.05, 0) is 24.3 Å². The monoisotopic (exact) mass is 473 g/mol. The lowest BCUT2D eigenvalue weighted by Gasteiger charge is -2.13. The molecule has 2 heterocycles. The smallest absolute Gasteiger partial charge is 0.352 e. The number of halogens is 7. The van der Waals surface area contributed by atoms with Crippen LogP contribution in [0.15, 0.2) is 54.9 Å². The van der Waals surface area contributed by atoms with Gasteiger partial charge in [0.1, 0.15) is 5.69 Å². The molecule has 1 N–H and O–H groups in total. The van der Waals surface area contributed by atoms with Gasteiger partial charge in [-0.25, -0.2) is 0 Å². The molecule has 1 amide bonds. The van der Waals surface area contributed by atoms with E-state index in [1.54, 1.807) is 0 Å². The summed E-state index contributed by atoms with van der Waals surface area (Å²) in [5, 5.41) is 2.59. The van der Waals surface area contributed by atoms with Crippen molar-refractivity contribution >= 4 is 17.5 Å². The minimum absolute atomic E-state index is 0.0288. The predicted octanol–water partition coefficient (Wildman–Crippen LogP) is 5.81. The van der Waals surface area contributed by atoms with Crippen molar-refractivity contribution in [2.75, 3.05) is 6.54 Å². The number of nitrogens with one attached hydrogen (secondary N) is 1. The Bertz CT molecular complexity index is 1110. The van der Waals surface area contributed by atoms with E-state index < -0.39 is 35.1 Å². The number of nitrogens with zero attached hydrogens (tertiary/aromatic N) is 2. The Morgan fingerprint density at radius 2 is 1.59 bits per heavy atom. The first kappa shape index (κ1) is 23.5. The molecule has 11 heteroatoms. The lowest BCUT2D eigenvalue weighted by molar-refractivity contribution is -0.141. The summed E-state index contributed by atoms with van der Waals surface area (Å²) in [5.41, 5.74) is -1.40. The second-order valence-corrected chi connectivity index (χ2v) is 7.04. The number of aromatic nitrogens is 2. The van der Waals surface area contributed by atoms with Crippen molar-refractivity contribution in [3.8, 4) is 11.1 Å². The number of hydrogen-bond acceptors (Lipinski definition) is 3. The first-order valence-electron chi connectivity index (χ1n) is 9.09. The summed E-state index contributed by atoms with van der Waals surface area (Å²) >= 11 is 6.18. The van der Waals surface area contributed by atoms with Crippen LogP contribution in [0.4, 0.5) is 26.3 Å². The van der Waals surface area contributed by atoms with Gasteiger partial charge in [0, 0.05) is 36.5 Å². The standard InChI is InChI=1S/C21H14ClF6N3O/c22-16-9-13(12-5-6-18(31-10-12)21(26,27)28)11-30-17(16)7-8-29-19(32)14-3-1-2-4-15(14)20(23,24)25/h1-6,9-11H,7-8H2,(H,29,32). The number of benzene rings is 1. The maximum Gasteiger partial charge on any atom is 0.433 e. The van der Waals surface area contributed by atoms with E-state index in [0.717, 1.165) is 24.4 Å². The van der Waals surface area contributed by atoms with Crippen LogP contribution in [-0.4, -0.2) is 22.4 Å². The minimum atomic E-state index is -4.66. The lowest BCUT2D eigenvalue weighted by atomic mass is 10.1. The Kier molecular flexibility index (Phi) is 6.73. The van der Waals surface area contributed by atoms with Crippen molar-refractivity contribution in [1.82, 2.24) is 15.3 Å². The molecular weight excluding hydrogens is 460 g/mol. The van der Waals surface area contributed by atoms with Crippen molar-refractivity contribution in [2.24, 2.45) is 0 Å². The molecule has 0 radical (unpaired) electrons. The van der Waals surface area contributed by atoms with Crippen LogP contribution in [0.2, 0.25) is 5.02 Å². The van der Waals surface area contributed by atoms with E-state index in [2.05, 4.69) is 15.3 Å². The molecule has 168 valence electrons. The summed E-state index contributed by atoms with van der Waals surface area (Å²) in [6.07, 6.45) is -6.66. The number of hydrogen-bond donors (Lipinski definition) is 1. The molecule has 0 aliphatic heterocycles. The summed E-state index contributed by atoms with van der Waals surface area (Å²) in [6, 6.07) is 7.98. The van der Waals surface area contributed by atoms with Crippen molar-refractivity contribution in [1.29, 1.82) is 0 Å². The van der Waals surface area contributed by atoms with E-state index in [0.29, 0.717) is 16.8 Å². The zero-order valence-corrected chi connectivity index (χ0v) is 16.8. The van der Waals surface area contributed by atoms with Crippen LogP contribution in [0, 0.1) is 0 Å². The van der Waals surface area contributed by atoms with E-state index in [4.69, 9.17) is 11.6 Å². The molecule has 3 aromatic rings. The number of alkyl halides is 6. The summed E-state index contributed by atoms with van der Waals surface area (Å²) < 4.78 is 77.0. The highest BCUT2D eigenvalue weighted by Crippen LogP contribution is 2.32. The van der Waals surface area contributed by atoms with E-state index in [-0.39, 0.29) is 18.0 Å². The molecule has 0 saturated heterocycles. The van der Waals surface area contributed by atoms with Gasteiger partial charge in [-0.3, -0.25) is 14.8 Å². The third-order valence-corrected chi connectivity index (χ3v) is 4.76. The quantitative estimate of drug-likeness (QED) is 0.476. The summed E-state index contributed by atoms with van der Waals surface area (Å²) in [5.74, 6) is -0.888. The van der Waals surface area contributed by atoms with Gasteiger partial charge in [0.05, 0.1) is 21.8 Å². The molecule has 0 spiro atoms. The molecule has 0 aliphatic carbocycles. The van der Waals surface area contributed by atoms with E-state index >= 15 is 0 Å². The Hall–Kier alpha value is -3.14. The summed E-state index contributed by atoms with van der Waals surface area (Å²) in [7, 11) is 0. The fourth-order valence-corrected chi connectivity index (χ4v) is 3.12. The zero-order chi connectivity index (χ0) is 23.5. The van der Waals surface area contributed by atoms with Gasteiger partial charge in [0.25, 0.3) is 5.91 Å². The van der Waals surface area contributed by atoms with E-state index in [9.17, 15) is 31.1 Å². The molecule has 0 unspecified atom stereocenters. The van der Waals surface area contributed by atoms with Crippen LogP contribution in [0.3, 0.4) is 0 Å². The molecular formula is C21H14ClF6N3O. The van der Waals surface area contributed by atoms with Gasteiger partial charge in [0.2, 0.25) is 0 Å². The topological polar surface area (TPSA) is 54.9 Å². The first-order chi connectivity index (χ1) is 15.0. The van der Waals surface area contributed by atoms with Crippen molar-refractivity contribution in [3.05, 3.63) is 82.4 Å². The molecule has 0 saturated carbocycles. The summed E-state index contributed by atoms with van der Waals surface area (Å²) in [4.78, 5) is 19.7. The lowest BCUT2D eigenvalue weighted by Crippen LogP contribution is -2.28. The van der Waals surface area contributed by atoms with Gasteiger partial charge in [-0.15, -0.1) is 0 Å². The second kappa shape index (κ2) is 9.15. The minimum Gasteiger partial charge on any atom is -0.352 e. The third kappa shape index (κ3) is 5.56. The zero-order valence-electron chi connectivity index (χ0n) is 16.1. The number of pyridine rings is 2. The van der Waals surface area contributed by atoms with Crippen LogP contribution in [0.25, 0.3) is 11.1 Å². The molecule has 0 bridgehead atoms.